The predicted molar refractivity (Wildman–Crippen MR) is 78.6 cm³/mol. The minimum Gasteiger partial charge on any atom is -0.468 e. The molecule has 1 aromatic heterocycles. The van der Waals surface area contributed by atoms with Crippen molar-refractivity contribution in [2.75, 3.05) is 20.1 Å². The first-order valence-electron chi connectivity index (χ1n) is 7.04. The first-order valence-corrected chi connectivity index (χ1v) is 7.04. The van der Waals surface area contributed by atoms with Gasteiger partial charge in [0.1, 0.15) is 11.4 Å². The summed E-state index contributed by atoms with van der Waals surface area (Å²) in [6.07, 6.45) is 2.31. The average Bonchev–Trinajstić information content (AvgIpc) is 2.85. The lowest BCUT2D eigenvalue weighted by Gasteiger charge is -2.25. The van der Waals surface area contributed by atoms with Crippen LogP contribution in [0.2, 0.25) is 0 Å². The fourth-order valence-corrected chi connectivity index (χ4v) is 1.77. The number of likely N-dealkylation sites (N-methyl/N-ethyl adjacent to an activating group) is 1. The van der Waals surface area contributed by atoms with Crippen LogP contribution in [0, 0.1) is 0 Å². The van der Waals surface area contributed by atoms with E-state index in [0.717, 1.165) is 12.2 Å². The Kier molecular flexibility index (Phi) is 6.07. The van der Waals surface area contributed by atoms with Gasteiger partial charge in [0.05, 0.1) is 12.3 Å². The smallest absolute Gasteiger partial charge is 0.410 e. The van der Waals surface area contributed by atoms with Gasteiger partial charge in [-0.3, -0.25) is 0 Å². The van der Waals surface area contributed by atoms with Crippen LogP contribution in [0.5, 0.6) is 0 Å². The molecule has 0 spiro atoms. The van der Waals surface area contributed by atoms with E-state index >= 15 is 0 Å². The van der Waals surface area contributed by atoms with Crippen LogP contribution in [0.25, 0.3) is 0 Å². The van der Waals surface area contributed by atoms with E-state index in [1.165, 1.54) is 0 Å². The minimum absolute atomic E-state index is 0.178. The second-order valence-electron chi connectivity index (χ2n) is 5.83. The van der Waals surface area contributed by atoms with Gasteiger partial charge in [-0.1, -0.05) is 6.92 Å². The number of nitrogens with one attached hydrogen (secondary N) is 1. The molecule has 1 atom stereocenters. The molecule has 1 rings (SSSR count). The molecular formula is C15H26N2O3. The Labute approximate surface area is 121 Å². The van der Waals surface area contributed by atoms with E-state index in [-0.39, 0.29) is 12.1 Å². The van der Waals surface area contributed by atoms with Crippen LogP contribution < -0.4 is 5.32 Å². The molecule has 0 saturated heterocycles. The van der Waals surface area contributed by atoms with Crippen molar-refractivity contribution in [3.8, 4) is 0 Å². The molecule has 1 unspecified atom stereocenters. The van der Waals surface area contributed by atoms with Crippen LogP contribution >= 0.6 is 0 Å². The van der Waals surface area contributed by atoms with Gasteiger partial charge >= 0.3 is 6.09 Å². The van der Waals surface area contributed by atoms with Crippen LogP contribution in [0.4, 0.5) is 4.79 Å². The van der Waals surface area contributed by atoms with Crippen molar-refractivity contribution in [1.29, 1.82) is 0 Å². The number of furan rings is 1. The molecule has 0 bridgehead atoms. The van der Waals surface area contributed by atoms with Gasteiger partial charge in [-0.05, 0) is 39.3 Å². The van der Waals surface area contributed by atoms with Crippen molar-refractivity contribution >= 4 is 6.09 Å². The zero-order valence-electron chi connectivity index (χ0n) is 13.1. The van der Waals surface area contributed by atoms with E-state index in [1.807, 2.05) is 32.9 Å². The lowest BCUT2D eigenvalue weighted by Crippen LogP contribution is -2.38. The fourth-order valence-electron chi connectivity index (χ4n) is 1.77. The zero-order valence-corrected chi connectivity index (χ0v) is 13.1. The van der Waals surface area contributed by atoms with Gasteiger partial charge in [-0.25, -0.2) is 4.79 Å². The highest BCUT2D eigenvalue weighted by Gasteiger charge is 2.19. The Morgan fingerprint density at radius 2 is 2.20 bits per heavy atom. The standard InChI is InChI=1S/C15H26N2O3/c1-6-12(13-8-7-11-19-13)16-9-10-17(5)14(18)20-15(2,3)4/h7-8,11-12,16H,6,9-10H2,1-5H3. The van der Waals surface area contributed by atoms with Crippen LogP contribution in [-0.4, -0.2) is 36.7 Å². The largest absolute Gasteiger partial charge is 0.468 e. The summed E-state index contributed by atoms with van der Waals surface area (Å²) < 4.78 is 10.7. The highest BCUT2D eigenvalue weighted by molar-refractivity contribution is 5.67. The zero-order chi connectivity index (χ0) is 15.2. The normalized spacial score (nSPS) is 13.1. The quantitative estimate of drug-likeness (QED) is 0.870. The molecule has 1 aromatic rings. The summed E-state index contributed by atoms with van der Waals surface area (Å²) in [5.74, 6) is 0.924. The lowest BCUT2D eigenvalue weighted by atomic mass is 10.2. The number of rotatable bonds is 6. The lowest BCUT2D eigenvalue weighted by molar-refractivity contribution is 0.0299. The SMILES string of the molecule is CCC(NCCN(C)C(=O)OC(C)(C)C)c1ccco1. The monoisotopic (exact) mass is 282 g/mol. The maximum absolute atomic E-state index is 11.8. The molecule has 114 valence electrons. The molecule has 1 amide bonds. The van der Waals surface area contributed by atoms with Gasteiger partial charge in [0.25, 0.3) is 0 Å². The Balaban J connectivity index is 2.34. The molecule has 5 heteroatoms. The van der Waals surface area contributed by atoms with Crippen molar-refractivity contribution in [2.45, 2.75) is 45.8 Å². The minimum atomic E-state index is -0.459. The highest BCUT2D eigenvalue weighted by Crippen LogP contribution is 2.16. The van der Waals surface area contributed by atoms with E-state index in [2.05, 4.69) is 12.2 Å². The first kappa shape index (κ1) is 16.6. The van der Waals surface area contributed by atoms with E-state index in [1.54, 1.807) is 18.2 Å². The molecule has 0 fully saturated rings. The Morgan fingerprint density at radius 3 is 2.70 bits per heavy atom. The van der Waals surface area contributed by atoms with Gasteiger partial charge in [0, 0.05) is 20.1 Å². The number of ether oxygens (including phenoxy) is 1. The second kappa shape index (κ2) is 7.33. The Bertz CT molecular complexity index is 396. The molecule has 1 heterocycles. The number of carbonyl (C=O) groups excluding carboxylic acids is 1. The van der Waals surface area contributed by atoms with Crippen LogP contribution in [0.3, 0.4) is 0 Å². The van der Waals surface area contributed by atoms with Gasteiger partial charge in [-0.15, -0.1) is 0 Å². The first-order chi connectivity index (χ1) is 9.33. The molecule has 0 radical (unpaired) electrons. The van der Waals surface area contributed by atoms with E-state index in [0.29, 0.717) is 13.1 Å². The summed E-state index contributed by atoms with van der Waals surface area (Å²) in [4.78, 5) is 13.4. The van der Waals surface area contributed by atoms with Gasteiger partial charge in [0.2, 0.25) is 0 Å². The highest BCUT2D eigenvalue weighted by atomic mass is 16.6. The summed E-state index contributed by atoms with van der Waals surface area (Å²) in [6.45, 7) is 8.96. The van der Waals surface area contributed by atoms with E-state index in [9.17, 15) is 4.79 Å². The molecular weight excluding hydrogens is 256 g/mol. The second-order valence-corrected chi connectivity index (χ2v) is 5.83. The van der Waals surface area contributed by atoms with Gasteiger partial charge < -0.3 is 19.4 Å². The number of amides is 1. The van der Waals surface area contributed by atoms with Crippen molar-refractivity contribution in [3.05, 3.63) is 24.2 Å². The molecule has 0 aliphatic carbocycles. The Morgan fingerprint density at radius 1 is 1.50 bits per heavy atom. The molecule has 0 aliphatic heterocycles. The summed E-state index contributed by atoms with van der Waals surface area (Å²) in [5.41, 5.74) is -0.459. The molecule has 1 N–H and O–H groups in total. The van der Waals surface area contributed by atoms with Crippen LogP contribution in [-0.2, 0) is 4.74 Å². The van der Waals surface area contributed by atoms with Crippen molar-refractivity contribution < 1.29 is 13.9 Å². The van der Waals surface area contributed by atoms with E-state index < -0.39 is 5.60 Å². The van der Waals surface area contributed by atoms with Crippen LogP contribution in [0.1, 0.15) is 45.9 Å². The fraction of sp³-hybridized carbons (Fsp3) is 0.667. The van der Waals surface area contributed by atoms with Crippen molar-refractivity contribution in [2.24, 2.45) is 0 Å². The molecule has 5 nitrogen and oxygen atoms in total. The maximum atomic E-state index is 11.8. The van der Waals surface area contributed by atoms with Crippen molar-refractivity contribution in [1.82, 2.24) is 10.2 Å². The van der Waals surface area contributed by atoms with Gasteiger partial charge in [-0.2, -0.15) is 0 Å². The summed E-state index contributed by atoms with van der Waals surface area (Å²) in [6, 6.07) is 4.02. The number of hydrogen-bond donors (Lipinski definition) is 1. The summed E-state index contributed by atoms with van der Waals surface area (Å²) >= 11 is 0. The summed E-state index contributed by atoms with van der Waals surface area (Å²) in [5, 5.41) is 3.38. The maximum Gasteiger partial charge on any atom is 0.410 e. The topological polar surface area (TPSA) is 54.7 Å². The average molecular weight is 282 g/mol. The third kappa shape index (κ3) is 5.65. The summed E-state index contributed by atoms with van der Waals surface area (Å²) in [7, 11) is 1.74. The molecule has 0 aliphatic rings. The third-order valence-corrected chi connectivity index (χ3v) is 2.84. The van der Waals surface area contributed by atoms with E-state index in [4.69, 9.17) is 9.15 Å². The van der Waals surface area contributed by atoms with Crippen molar-refractivity contribution in [3.63, 3.8) is 0 Å². The third-order valence-electron chi connectivity index (χ3n) is 2.84. The molecule has 0 saturated carbocycles. The molecule has 20 heavy (non-hydrogen) atoms. The number of hydrogen-bond acceptors (Lipinski definition) is 4. The molecule has 0 aromatic carbocycles. The Hall–Kier alpha value is -1.49. The van der Waals surface area contributed by atoms with Crippen LogP contribution in [0.15, 0.2) is 22.8 Å². The predicted octanol–water partition coefficient (Wildman–Crippen LogP) is 3.19. The van der Waals surface area contributed by atoms with Gasteiger partial charge in [0.15, 0.2) is 0 Å². The number of nitrogens with zero attached hydrogens (tertiary/aromatic N) is 1. The number of carbonyl (C=O) groups is 1.